The van der Waals surface area contributed by atoms with E-state index in [2.05, 4.69) is 10.4 Å². The number of cyclic esters (lactones) is 1. The number of thiophene rings is 1. The molecule has 0 aliphatic carbocycles. The van der Waals surface area contributed by atoms with Gasteiger partial charge in [-0.05, 0) is 42.3 Å². The van der Waals surface area contributed by atoms with Gasteiger partial charge in [-0.3, -0.25) is 14.4 Å². The Morgan fingerprint density at radius 1 is 1.21 bits per heavy atom. The summed E-state index contributed by atoms with van der Waals surface area (Å²) in [6.07, 6.45) is -0.345. The molecule has 1 aliphatic heterocycles. The zero-order chi connectivity index (χ0) is 22.9. The second-order valence-corrected chi connectivity index (χ2v) is 9.22. The van der Waals surface area contributed by atoms with E-state index in [1.54, 1.807) is 4.90 Å². The highest BCUT2D eigenvalue weighted by molar-refractivity contribution is 7.20. The number of halogens is 1. The van der Waals surface area contributed by atoms with Gasteiger partial charge in [-0.2, -0.15) is 5.10 Å². The Kier molecular flexibility index (Phi) is 5.78. The quantitative estimate of drug-likeness (QED) is 0.421. The third-order valence-electron chi connectivity index (χ3n) is 5.55. The summed E-state index contributed by atoms with van der Waals surface area (Å²) >= 11 is 7.73. The fourth-order valence-corrected chi connectivity index (χ4v) is 5.12. The second kappa shape index (κ2) is 8.88. The first kappa shape index (κ1) is 21.5. The van der Waals surface area contributed by atoms with Crippen molar-refractivity contribution >= 4 is 50.8 Å². The van der Waals surface area contributed by atoms with E-state index in [0.717, 1.165) is 32.7 Å². The van der Waals surface area contributed by atoms with Gasteiger partial charge in [0, 0.05) is 22.6 Å². The zero-order valence-electron chi connectivity index (χ0n) is 17.9. The molecule has 2 aromatic heterocycles. The molecular formula is C24H21ClN4O3S. The van der Waals surface area contributed by atoms with Gasteiger partial charge in [-0.15, -0.1) is 11.3 Å². The number of amides is 2. The van der Waals surface area contributed by atoms with Crippen molar-refractivity contribution in [3.63, 3.8) is 0 Å². The number of rotatable bonds is 6. The van der Waals surface area contributed by atoms with Crippen molar-refractivity contribution in [3.8, 4) is 0 Å². The first-order valence-electron chi connectivity index (χ1n) is 10.5. The van der Waals surface area contributed by atoms with Crippen molar-refractivity contribution < 1.29 is 14.3 Å². The molecule has 4 aromatic rings. The lowest BCUT2D eigenvalue weighted by molar-refractivity contribution is 0.0955. The topological polar surface area (TPSA) is 76.5 Å². The Morgan fingerprint density at radius 2 is 2.06 bits per heavy atom. The van der Waals surface area contributed by atoms with Crippen LogP contribution in [0.15, 0.2) is 54.6 Å². The molecule has 9 heteroatoms. The molecule has 168 valence electrons. The van der Waals surface area contributed by atoms with Crippen molar-refractivity contribution in [1.82, 2.24) is 15.1 Å². The Bertz CT molecular complexity index is 1360. The predicted molar refractivity (Wildman–Crippen MR) is 129 cm³/mol. The van der Waals surface area contributed by atoms with E-state index >= 15 is 0 Å². The molecule has 2 aromatic carbocycles. The van der Waals surface area contributed by atoms with Crippen LogP contribution in [-0.4, -0.2) is 34.9 Å². The van der Waals surface area contributed by atoms with Gasteiger partial charge in [0.15, 0.2) is 0 Å². The molecule has 0 bridgehead atoms. The van der Waals surface area contributed by atoms with Crippen LogP contribution in [0.4, 0.5) is 10.5 Å². The van der Waals surface area contributed by atoms with Gasteiger partial charge in [0.05, 0.1) is 23.7 Å². The summed E-state index contributed by atoms with van der Waals surface area (Å²) in [5, 5.41) is 9.26. The van der Waals surface area contributed by atoms with E-state index in [9.17, 15) is 9.59 Å². The minimum Gasteiger partial charge on any atom is -0.447 e. The Hall–Kier alpha value is -3.36. The van der Waals surface area contributed by atoms with Crippen LogP contribution in [0, 0.1) is 6.92 Å². The molecular weight excluding hydrogens is 460 g/mol. The monoisotopic (exact) mass is 480 g/mol. The molecule has 0 saturated carbocycles. The zero-order valence-corrected chi connectivity index (χ0v) is 19.4. The lowest BCUT2D eigenvalue weighted by Gasteiger charge is -2.14. The van der Waals surface area contributed by atoms with Crippen LogP contribution in [0.5, 0.6) is 0 Å². The minimum atomic E-state index is -0.345. The summed E-state index contributed by atoms with van der Waals surface area (Å²) in [5.41, 5.74) is 3.52. The van der Waals surface area contributed by atoms with Gasteiger partial charge in [-0.1, -0.05) is 41.9 Å². The first-order chi connectivity index (χ1) is 16.0. The van der Waals surface area contributed by atoms with Crippen molar-refractivity contribution in [1.29, 1.82) is 0 Å². The second-order valence-electron chi connectivity index (χ2n) is 7.78. The Balaban J connectivity index is 1.31. The van der Waals surface area contributed by atoms with Crippen molar-refractivity contribution in [3.05, 3.63) is 81.3 Å². The molecule has 1 aliphatic rings. The lowest BCUT2D eigenvalue weighted by atomic mass is 10.2. The van der Waals surface area contributed by atoms with E-state index in [1.165, 1.54) is 11.3 Å². The van der Waals surface area contributed by atoms with Crippen molar-refractivity contribution in [2.75, 3.05) is 18.1 Å². The van der Waals surface area contributed by atoms with Gasteiger partial charge >= 0.3 is 6.09 Å². The van der Waals surface area contributed by atoms with Gasteiger partial charge in [0.1, 0.15) is 11.4 Å². The number of carbonyl (C=O) groups is 2. The number of fused-ring (bicyclic) bond motifs is 1. The molecule has 7 nitrogen and oxygen atoms in total. The van der Waals surface area contributed by atoms with Gasteiger partial charge < -0.3 is 10.1 Å². The molecule has 33 heavy (non-hydrogen) atoms. The maximum absolute atomic E-state index is 12.9. The summed E-state index contributed by atoms with van der Waals surface area (Å²) in [4.78, 5) is 27.8. The van der Waals surface area contributed by atoms with E-state index in [-0.39, 0.29) is 12.0 Å². The van der Waals surface area contributed by atoms with Crippen LogP contribution in [0.2, 0.25) is 5.02 Å². The lowest BCUT2D eigenvalue weighted by Crippen LogP contribution is -2.24. The standard InChI is InChI=1S/C24H21ClN4O3S/c1-15-19-12-21(33-23(19)29(27-15)14-17-6-2-3-8-20(17)25)22(30)26-13-16-5-4-7-18(11-16)28-9-10-32-24(28)31/h2-8,11-12H,9-10,13-14H2,1H3,(H,26,30). The maximum Gasteiger partial charge on any atom is 0.414 e. The largest absolute Gasteiger partial charge is 0.447 e. The average Bonchev–Trinajstić information content (AvgIpc) is 3.51. The van der Waals surface area contributed by atoms with Crippen LogP contribution in [-0.2, 0) is 17.8 Å². The van der Waals surface area contributed by atoms with Crippen molar-refractivity contribution in [2.24, 2.45) is 0 Å². The molecule has 1 fully saturated rings. The highest BCUT2D eigenvalue weighted by atomic mass is 35.5. The number of anilines is 1. The van der Waals surface area contributed by atoms with Crippen LogP contribution in [0.3, 0.4) is 0 Å². The first-order valence-corrected chi connectivity index (χ1v) is 11.7. The highest BCUT2D eigenvalue weighted by Gasteiger charge is 2.23. The number of hydrogen-bond acceptors (Lipinski definition) is 5. The van der Waals surface area contributed by atoms with E-state index in [4.69, 9.17) is 16.3 Å². The minimum absolute atomic E-state index is 0.147. The number of hydrogen-bond donors (Lipinski definition) is 1. The number of carbonyl (C=O) groups excluding carboxylic acids is 2. The Morgan fingerprint density at radius 3 is 2.85 bits per heavy atom. The van der Waals surface area contributed by atoms with Gasteiger partial charge in [0.2, 0.25) is 0 Å². The normalized spacial score (nSPS) is 13.5. The summed E-state index contributed by atoms with van der Waals surface area (Å²) in [5.74, 6) is -0.147. The third kappa shape index (κ3) is 4.31. The summed E-state index contributed by atoms with van der Waals surface area (Å²) in [6, 6.07) is 17.1. The molecule has 1 N–H and O–H groups in total. The summed E-state index contributed by atoms with van der Waals surface area (Å²) < 4.78 is 6.90. The number of aromatic nitrogens is 2. The number of nitrogens with zero attached hydrogens (tertiary/aromatic N) is 3. The molecule has 0 atom stereocenters. The molecule has 0 radical (unpaired) electrons. The predicted octanol–water partition coefficient (Wildman–Crippen LogP) is 4.99. The van der Waals surface area contributed by atoms with Crippen LogP contribution in [0.1, 0.15) is 26.5 Å². The molecule has 1 saturated heterocycles. The van der Waals surface area contributed by atoms with E-state index < -0.39 is 0 Å². The summed E-state index contributed by atoms with van der Waals surface area (Å²) in [7, 11) is 0. The molecule has 5 rings (SSSR count). The average molecular weight is 481 g/mol. The highest BCUT2D eigenvalue weighted by Crippen LogP contribution is 2.30. The van der Waals surface area contributed by atoms with E-state index in [0.29, 0.717) is 36.1 Å². The Labute approximate surface area is 199 Å². The number of aryl methyl sites for hydroxylation is 1. The van der Waals surface area contributed by atoms with E-state index in [1.807, 2.05) is 66.2 Å². The third-order valence-corrected chi connectivity index (χ3v) is 7.06. The van der Waals surface area contributed by atoms with Crippen LogP contribution in [0.25, 0.3) is 10.2 Å². The van der Waals surface area contributed by atoms with Crippen LogP contribution < -0.4 is 10.2 Å². The van der Waals surface area contributed by atoms with Crippen molar-refractivity contribution in [2.45, 2.75) is 20.0 Å². The SMILES string of the molecule is Cc1nn(Cc2ccccc2Cl)c2sc(C(=O)NCc3cccc(N4CCOC4=O)c3)cc12. The smallest absolute Gasteiger partial charge is 0.414 e. The molecule has 0 unspecified atom stereocenters. The number of ether oxygens (including phenoxy) is 1. The van der Waals surface area contributed by atoms with Gasteiger partial charge in [0.25, 0.3) is 5.91 Å². The molecule has 3 heterocycles. The molecule has 0 spiro atoms. The van der Waals surface area contributed by atoms with Gasteiger partial charge in [-0.25, -0.2) is 4.79 Å². The number of benzene rings is 2. The maximum atomic E-state index is 12.9. The number of nitrogens with one attached hydrogen (secondary N) is 1. The fraction of sp³-hybridized carbons (Fsp3) is 0.208. The van der Waals surface area contributed by atoms with Crippen LogP contribution >= 0.6 is 22.9 Å². The fourth-order valence-electron chi connectivity index (χ4n) is 3.85. The summed E-state index contributed by atoms with van der Waals surface area (Å²) in [6.45, 7) is 3.75. The molecule has 2 amide bonds.